The number of rotatable bonds is 4. The molecule has 0 aromatic heterocycles. The third kappa shape index (κ3) is 3.90. The molecule has 22 heavy (non-hydrogen) atoms. The summed E-state index contributed by atoms with van der Waals surface area (Å²) in [5, 5.41) is 5.08. The standard InChI is InChI=1S/C15H24BNO4S/c1-11-8-12(6-7-22(17,18)19)10-13(9-11)16-20-14(2,3)15(4,5)21-16/h8-10H,6-7H2,1-5H3,(H2,17,18,19). The zero-order valence-corrected chi connectivity index (χ0v) is 14.7. The fourth-order valence-electron chi connectivity index (χ4n) is 2.41. The normalized spacial score (nSPS) is 20.4. The summed E-state index contributed by atoms with van der Waals surface area (Å²) in [6.45, 7) is 9.99. The van der Waals surface area contributed by atoms with Crippen molar-refractivity contribution in [2.24, 2.45) is 5.14 Å². The lowest BCUT2D eigenvalue weighted by Crippen LogP contribution is -2.41. The average Bonchev–Trinajstić information content (AvgIpc) is 2.55. The van der Waals surface area contributed by atoms with Gasteiger partial charge in [-0.2, -0.15) is 0 Å². The highest BCUT2D eigenvalue weighted by atomic mass is 32.2. The fourth-order valence-corrected chi connectivity index (χ4v) is 2.93. The molecule has 2 rings (SSSR count). The molecule has 0 atom stereocenters. The molecule has 1 aromatic rings. The van der Waals surface area contributed by atoms with Crippen LogP contribution in [-0.2, 0) is 25.8 Å². The van der Waals surface area contributed by atoms with E-state index in [0.717, 1.165) is 16.6 Å². The Balaban J connectivity index is 2.24. The Kier molecular flexibility index (Phi) is 4.47. The molecule has 0 spiro atoms. The van der Waals surface area contributed by atoms with Crippen molar-refractivity contribution in [1.82, 2.24) is 0 Å². The Hall–Kier alpha value is -0.885. The summed E-state index contributed by atoms with van der Waals surface area (Å²) in [6, 6.07) is 5.89. The number of hydrogen-bond donors (Lipinski definition) is 1. The lowest BCUT2D eigenvalue weighted by molar-refractivity contribution is 0.00578. The Morgan fingerprint density at radius 1 is 1.09 bits per heavy atom. The molecular formula is C15H24BNO4S. The third-order valence-corrected chi connectivity index (χ3v) is 5.13. The van der Waals surface area contributed by atoms with Gasteiger partial charge in [0.1, 0.15) is 0 Å². The summed E-state index contributed by atoms with van der Waals surface area (Å²) in [6.07, 6.45) is 0.382. The summed E-state index contributed by atoms with van der Waals surface area (Å²) in [7, 11) is -3.91. The molecule has 0 aliphatic carbocycles. The van der Waals surface area contributed by atoms with Crippen molar-refractivity contribution in [3.8, 4) is 0 Å². The maximum absolute atomic E-state index is 11.1. The van der Waals surface area contributed by atoms with Gasteiger partial charge in [-0.3, -0.25) is 0 Å². The van der Waals surface area contributed by atoms with Crippen molar-refractivity contribution in [1.29, 1.82) is 0 Å². The van der Waals surface area contributed by atoms with Gasteiger partial charge in [0.2, 0.25) is 10.0 Å². The molecule has 5 nitrogen and oxygen atoms in total. The van der Waals surface area contributed by atoms with E-state index in [9.17, 15) is 8.42 Å². The van der Waals surface area contributed by atoms with E-state index >= 15 is 0 Å². The van der Waals surface area contributed by atoms with Gasteiger partial charge in [-0.25, -0.2) is 13.6 Å². The molecule has 0 saturated carbocycles. The molecule has 1 saturated heterocycles. The van der Waals surface area contributed by atoms with Crippen LogP contribution in [0.2, 0.25) is 0 Å². The lowest BCUT2D eigenvalue weighted by Gasteiger charge is -2.32. The lowest BCUT2D eigenvalue weighted by atomic mass is 9.77. The zero-order chi connectivity index (χ0) is 16.8. The van der Waals surface area contributed by atoms with Crippen molar-refractivity contribution in [3.63, 3.8) is 0 Å². The van der Waals surface area contributed by atoms with E-state index < -0.39 is 28.3 Å². The Morgan fingerprint density at radius 3 is 2.14 bits per heavy atom. The van der Waals surface area contributed by atoms with Crippen molar-refractivity contribution in [2.75, 3.05) is 5.75 Å². The molecule has 1 aliphatic rings. The van der Waals surface area contributed by atoms with Crippen LogP contribution in [0.25, 0.3) is 0 Å². The highest BCUT2D eigenvalue weighted by Crippen LogP contribution is 2.36. The van der Waals surface area contributed by atoms with Gasteiger partial charge in [0.15, 0.2) is 0 Å². The van der Waals surface area contributed by atoms with Crippen LogP contribution in [0.15, 0.2) is 18.2 Å². The van der Waals surface area contributed by atoms with Crippen LogP contribution in [0.4, 0.5) is 0 Å². The van der Waals surface area contributed by atoms with E-state index in [1.54, 1.807) is 0 Å². The van der Waals surface area contributed by atoms with Gasteiger partial charge >= 0.3 is 7.12 Å². The van der Waals surface area contributed by atoms with E-state index in [-0.39, 0.29) is 5.75 Å². The minimum atomic E-state index is -3.47. The Labute approximate surface area is 133 Å². The zero-order valence-electron chi connectivity index (χ0n) is 13.8. The van der Waals surface area contributed by atoms with Crippen LogP contribution in [0.5, 0.6) is 0 Å². The molecule has 1 heterocycles. The van der Waals surface area contributed by atoms with Crippen LogP contribution in [0.1, 0.15) is 38.8 Å². The average molecular weight is 325 g/mol. The van der Waals surface area contributed by atoms with Gasteiger partial charge in [-0.1, -0.05) is 23.8 Å². The monoisotopic (exact) mass is 325 g/mol. The van der Waals surface area contributed by atoms with E-state index in [1.807, 2.05) is 52.8 Å². The van der Waals surface area contributed by atoms with Crippen LogP contribution < -0.4 is 10.6 Å². The number of aryl methyl sites for hydroxylation is 2. The summed E-state index contributed by atoms with van der Waals surface area (Å²) in [4.78, 5) is 0. The summed E-state index contributed by atoms with van der Waals surface area (Å²) in [5.74, 6) is -0.0702. The number of primary sulfonamides is 1. The van der Waals surface area contributed by atoms with Crippen molar-refractivity contribution in [3.05, 3.63) is 29.3 Å². The van der Waals surface area contributed by atoms with Crippen LogP contribution in [0, 0.1) is 6.92 Å². The highest BCUT2D eigenvalue weighted by molar-refractivity contribution is 7.89. The Bertz CT molecular complexity index is 654. The largest absolute Gasteiger partial charge is 0.494 e. The molecular weight excluding hydrogens is 301 g/mol. The fraction of sp³-hybridized carbons (Fsp3) is 0.600. The van der Waals surface area contributed by atoms with Gasteiger partial charge in [-0.05, 0) is 52.1 Å². The smallest absolute Gasteiger partial charge is 0.399 e. The van der Waals surface area contributed by atoms with Crippen molar-refractivity contribution >= 4 is 22.6 Å². The molecule has 0 radical (unpaired) electrons. The minimum absolute atomic E-state index is 0.0702. The van der Waals surface area contributed by atoms with E-state index in [0.29, 0.717) is 6.42 Å². The molecule has 7 heteroatoms. The van der Waals surface area contributed by atoms with Crippen molar-refractivity contribution in [2.45, 2.75) is 52.2 Å². The van der Waals surface area contributed by atoms with E-state index in [2.05, 4.69) is 0 Å². The summed E-state index contributed by atoms with van der Waals surface area (Å²) < 4.78 is 34.3. The molecule has 1 fully saturated rings. The molecule has 0 bridgehead atoms. The first-order chi connectivity index (χ1) is 9.90. The third-order valence-electron chi connectivity index (χ3n) is 4.36. The number of sulfonamides is 1. The second kappa shape index (κ2) is 5.63. The second-order valence-corrected chi connectivity index (χ2v) is 8.69. The molecule has 0 amide bonds. The number of hydrogen-bond acceptors (Lipinski definition) is 4. The predicted octanol–water partition coefficient (Wildman–Crippen LogP) is 1.13. The summed E-state index contributed by atoms with van der Waals surface area (Å²) in [5.41, 5.74) is 2.06. The minimum Gasteiger partial charge on any atom is -0.399 e. The van der Waals surface area contributed by atoms with Crippen LogP contribution in [0.3, 0.4) is 0 Å². The first-order valence-electron chi connectivity index (χ1n) is 7.36. The molecule has 1 aromatic carbocycles. The van der Waals surface area contributed by atoms with Crippen LogP contribution >= 0.6 is 0 Å². The maximum Gasteiger partial charge on any atom is 0.494 e. The Morgan fingerprint density at radius 2 is 1.64 bits per heavy atom. The number of nitrogens with two attached hydrogens (primary N) is 1. The molecule has 0 unspecified atom stereocenters. The van der Waals surface area contributed by atoms with Gasteiger partial charge in [0, 0.05) is 0 Å². The van der Waals surface area contributed by atoms with E-state index in [1.165, 1.54) is 0 Å². The second-order valence-electron chi connectivity index (χ2n) is 6.96. The predicted molar refractivity (Wildman–Crippen MR) is 88.6 cm³/mol. The number of benzene rings is 1. The first-order valence-corrected chi connectivity index (χ1v) is 9.08. The molecule has 122 valence electrons. The van der Waals surface area contributed by atoms with Gasteiger partial charge in [0.05, 0.1) is 17.0 Å². The van der Waals surface area contributed by atoms with Crippen LogP contribution in [-0.4, -0.2) is 32.5 Å². The maximum atomic E-state index is 11.1. The van der Waals surface area contributed by atoms with E-state index in [4.69, 9.17) is 14.4 Å². The quantitative estimate of drug-likeness (QED) is 0.842. The van der Waals surface area contributed by atoms with Gasteiger partial charge < -0.3 is 9.31 Å². The highest BCUT2D eigenvalue weighted by Gasteiger charge is 2.51. The summed E-state index contributed by atoms with van der Waals surface area (Å²) >= 11 is 0. The first kappa shape index (κ1) is 17.5. The molecule has 1 aliphatic heterocycles. The SMILES string of the molecule is Cc1cc(CCS(N)(=O)=O)cc(B2OC(C)(C)C(C)(C)O2)c1. The van der Waals surface area contributed by atoms with Crippen molar-refractivity contribution < 1.29 is 17.7 Å². The molecule has 2 N–H and O–H groups in total. The topological polar surface area (TPSA) is 78.6 Å². The van der Waals surface area contributed by atoms with Gasteiger partial charge in [0.25, 0.3) is 0 Å². The van der Waals surface area contributed by atoms with Gasteiger partial charge in [-0.15, -0.1) is 0 Å².